The van der Waals surface area contributed by atoms with Gasteiger partial charge < -0.3 is 10.2 Å². The molecule has 2 amide bonds. The summed E-state index contributed by atoms with van der Waals surface area (Å²) in [5, 5.41) is 2.91. The lowest BCUT2D eigenvalue weighted by molar-refractivity contribution is -0.134. The van der Waals surface area contributed by atoms with Gasteiger partial charge in [0.25, 0.3) is 0 Å². The molecule has 2 aliphatic rings. The average molecular weight is 294 g/mol. The van der Waals surface area contributed by atoms with Crippen LogP contribution in [0.4, 0.5) is 0 Å². The number of carbonyl (C=O) groups is 2. The summed E-state index contributed by atoms with van der Waals surface area (Å²) in [6.45, 7) is 5.94. The summed E-state index contributed by atoms with van der Waals surface area (Å²) in [7, 11) is 0. The third-order valence-corrected chi connectivity index (χ3v) is 4.56. The number of hydrogen-bond acceptors (Lipinski definition) is 2. The zero-order chi connectivity index (χ0) is 15.2. The van der Waals surface area contributed by atoms with Crippen molar-refractivity contribution >= 4 is 11.8 Å². The van der Waals surface area contributed by atoms with Crippen molar-refractivity contribution in [3.8, 4) is 0 Å². The van der Waals surface area contributed by atoms with Gasteiger partial charge in [0.1, 0.15) is 6.04 Å². The maximum atomic E-state index is 12.5. The quantitative estimate of drug-likeness (QED) is 0.700. The molecule has 2 fully saturated rings. The Balaban J connectivity index is 1.71. The molecule has 1 unspecified atom stereocenters. The molecule has 0 bridgehead atoms. The van der Waals surface area contributed by atoms with Crippen LogP contribution in [0.25, 0.3) is 0 Å². The molecular formula is C17H30N2O2. The molecule has 1 aliphatic carbocycles. The second-order valence-corrected chi connectivity index (χ2v) is 7.05. The number of unbranched alkanes of at least 4 members (excludes halogenated alkanes) is 3. The fourth-order valence-corrected chi connectivity index (χ4v) is 3.03. The van der Waals surface area contributed by atoms with Crippen LogP contribution in [0.2, 0.25) is 0 Å². The molecule has 1 aliphatic heterocycles. The third kappa shape index (κ3) is 5.33. The van der Waals surface area contributed by atoms with Crippen molar-refractivity contribution in [1.82, 2.24) is 10.2 Å². The van der Waals surface area contributed by atoms with Crippen molar-refractivity contribution in [2.75, 3.05) is 13.1 Å². The fraction of sp³-hybridized carbons (Fsp3) is 0.882. The molecule has 0 aromatic rings. The zero-order valence-electron chi connectivity index (χ0n) is 13.6. The van der Waals surface area contributed by atoms with Crippen LogP contribution in [-0.2, 0) is 9.59 Å². The second-order valence-electron chi connectivity index (χ2n) is 7.05. The van der Waals surface area contributed by atoms with E-state index in [1.165, 1.54) is 25.7 Å². The van der Waals surface area contributed by atoms with E-state index in [0.717, 1.165) is 31.7 Å². The number of rotatable bonds is 8. The van der Waals surface area contributed by atoms with Crippen LogP contribution in [0.15, 0.2) is 0 Å². The van der Waals surface area contributed by atoms with Gasteiger partial charge in [-0.2, -0.15) is 0 Å². The van der Waals surface area contributed by atoms with Gasteiger partial charge in [0.15, 0.2) is 0 Å². The van der Waals surface area contributed by atoms with Gasteiger partial charge in [-0.1, -0.05) is 39.5 Å². The van der Waals surface area contributed by atoms with E-state index in [0.29, 0.717) is 18.9 Å². The van der Waals surface area contributed by atoms with Gasteiger partial charge in [-0.15, -0.1) is 0 Å². The molecule has 1 atom stereocenters. The lowest BCUT2D eigenvalue weighted by atomic mass is 10.0. The van der Waals surface area contributed by atoms with Gasteiger partial charge in [0.2, 0.25) is 11.8 Å². The largest absolute Gasteiger partial charge is 0.344 e. The van der Waals surface area contributed by atoms with E-state index in [4.69, 9.17) is 0 Å². The molecule has 21 heavy (non-hydrogen) atoms. The van der Waals surface area contributed by atoms with E-state index < -0.39 is 0 Å². The van der Waals surface area contributed by atoms with Crippen molar-refractivity contribution in [2.45, 2.75) is 71.3 Å². The summed E-state index contributed by atoms with van der Waals surface area (Å²) in [4.78, 5) is 26.1. The predicted molar refractivity (Wildman–Crippen MR) is 83.8 cm³/mol. The highest BCUT2D eigenvalue weighted by Crippen LogP contribution is 2.34. The molecule has 4 heteroatoms. The number of nitrogens with zero attached hydrogens (tertiary/aromatic N) is 1. The summed E-state index contributed by atoms with van der Waals surface area (Å²) >= 11 is 0. The monoisotopic (exact) mass is 294 g/mol. The summed E-state index contributed by atoms with van der Waals surface area (Å²) in [6, 6.07) is -0.235. The first-order chi connectivity index (χ1) is 10.1. The van der Waals surface area contributed by atoms with Crippen molar-refractivity contribution in [3.63, 3.8) is 0 Å². The molecule has 1 saturated carbocycles. The van der Waals surface area contributed by atoms with E-state index >= 15 is 0 Å². The topological polar surface area (TPSA) is 49.4 Å². The molecule has 0 radical (unpaired) electrons. The maximum absolute atomic E-state index is 12.5. The summed E-state index contributed by atoms with van der Waals surface area (Å²) in [5.74, 6) is 1.38. The van der Waals surface area contributed by atoms with Gasteiger partial charge in [-0.25, -0.2) is 0 Å². The minimum Gasteiger partial charge on any atom is -0.344 e. The van der Waals surface area contributed by atoms with Gasteiger partial charge in [-0.3, -0.25) is 9.59 Å². The van der Waals surface area contributed by atoms with Crippen molar-refractivity contribution < 1.29 is 9.59 Å². The van der Waals surface area contributed by atoms with Gasteiger partial charge in [0.05, 0.1) is 0 Å². The highest BCUT2D eigenvalue weighted by Gasteiger charge is 2.40. The molecule has 0 aromatic heterocycles. The Labute approximate surface area is 128 Å². The molecule has 120 valence electrons. The number of carbonyl (C=O) groups excluding carboxylic acids is 2. The summed E-state index contributed by atoms with van der Waals surface area (Å²) in [5.41, 5.74) is 0. The van der Waals surface area contributed by atoms with Crippen LogP contribution >= 0.6 is 0 Å². The van der Waals surface area contributed by atoms with Gasteiger partial charge in [-0.05, 0) is 31.1 Å². The first-order valence-corrected chi connectivity index (χ1v) is 8.66. The average Bonchev–Trinajstić information content (AvgIpc) is 3.26. The van der Waals surface area contributed by atoms with E-state index in [1.54, 1.807) is 0 Å². The van der Waals surface area contributed by atoms with Crippen LogP contribution in [0, 0.1) is 11.8 Å². The normalized spacial score (nSPS) is 23.4. The van der Waals surface area contributed by atoms with Crippen molar-refractivity contribution in [2.24, 2.45) is 11.8 Å². The predicted octanol–water partition coefficient (Wildman–Crippen LogP) is 2.72. The minimum atomic E-state index is -0.235. The van der Waals surface area contributed by atoms with Crippen molar-refractivity contribution in [3.05, 3.63) is 0 Å². The molecule has 0 spiro atoms. The first-order valence-electron chi connectivity index (χ1n) is 8.66. The molecule has 1 N–H and O–H groups in total. The van der Waals surface area contributed by atoms with Crippen LogP contribution in [0.5, 0.6) is 0 Å². The second kappa shape index (κ2) is 7.81. The lowest BCUT2D eigenvalue weighted by Crippen LogP contribution is -2.46. The Morgan fingerprint density at radius 2 is 1.86 bits per heavy atom. The Kier molecular flexibility index (Phi) is 6.07. The van der Waals surface area contributed by atoms with Crippen LogP contribution in [0.1, 0.15) is 65.2 Å². The lowest BCUT2D eigenvalue weighted by Gasteiger charge is -2.24. The smallest absolute Gasteiger partial charge is 0.245 e. The minimum absolute atomic E-state index is 0.0414. The maximum Gasteiger partial charge on any atom is 0.245 e. The Morgan fingerprint density at radius 3 is 2.52 bits per heavy atom. The van der Waals surface area contributed by atoms with E-state index in [2.05, 4.69) is 19.2 Å². The number of amides is 2. The van der Waals surface area contributed by atoms with Crippen LogP contribution in [-0.4, -0.2) is 35.8 Å². The Bertz CT molecular complexity index is 364. The van der Waals surface area contributed by atoms with Gasteiger partial charge >= 0.3 is 0 Å². The zero-order valence-corrected chi connectivity index (χ0v) is 13.6. The van der Waals surface area contributed by atoms with Crippen molar-refractivity contribution in [1.29, 1.82) is 0 Å². The molecular weight excluding hydrogens is 264 g/mol. The molecule has 1 heterocycles. The van der Waals surface area contributed by atoms with E-state index in [-0.39, 0.29) is 17.9 Å². The molecule has 0 aromatic carbocycles. The Morgan fingerprint density at radius 1 is 1.14 bits per heavy atom. The molecule has 4 nitrogen and oxygen atoms in total. The summed E-state index contributed by atoms with van der Waals surface area (Å²) < 4.78 is 0. The van der Waals surface area contributed by atoms with Crippen LogP contribution in [0.3, 0.4) is 0 Å². The summed E-state index contributed by atoms with van der Waals surface area (Å²) in [6.07, 6.45) is 8.72. The fourth-order valence-electron chi connectivity index (χ4n) is 3.03. The standard InChI is InChI=1S/C17H30N2O2/c1-13(2)7-5-3-4-6-11-19-12-10-15(20)18-16(17(19)21)14-8-9-14/h13-14,16H,3-12H2,1-2H3,(H,18,20). The SMILES string of the molecule is CC(C)CCCCCCN1CCC(=O)NC(C2CC2)C1=O. The number of nitrogens with one attached hydrogen (secondary N) is 1. The van der Waals surface area contributed by atoms with Gasteiger partial charge in [0, 0.05) is 19.5 Å². The third-order valence-electron chi connectivity index (χ3n) is 4.56. The molecule has 1 saturated heterocycles. The molecule has 2 rings (SSSR count). The number of hydrogen-bond donors (Lipinski definition) is 1. The van der Waals surface area contributed by atoms with Crippen LogP contribution < -0.4 is 5.32 Å². The first kappa shape index (κ1) is 16.3. The van der Waals surface area contributed by atoms with E-state index in [9.17, 15) is 9.59 Å². The highest BCUT2D eigenvalue weighted by atomic mass is 16.2. The highest BCUT2D eigenvalue weighted by molar-refractivity contribution is 5.90. The Hall–Kier alpha value is -1.06. The van der Waals surface area contributed by atoms with E-state index in [1.807, 2.05) is 4.90 Å².